The highest BCUT2D eigenvalue weighted by molar-refractivity contribution is 5.96. The van der Waals surface area contributed by atoms with Gasteiger partial charge in [0.05, 0.1) is 28.6 Å². The van der Waals surface area contributed by atoms with Crippen LogP contribution in [-0.4, -0.2) is 32.8 Å². The van der Waals surface area contributed by atoms with Gasteiger partial charge < -0.3 is 10.4 Å². The van der Waals surface area contributed by atoms with Crippen molar-refractivity contribution in [3.63, 3.8) is 0 Å². The molecule has 1 heterocycles. The molecule has 3 rings (SSSR count). The minimum Gasteiger partial charge on any atom is -0.481 e. The van der Waals surface area contributed by atoms with Crippen LogP contribution >= 0.6 is 0 Å². The van der Waals surface area contributed by atoms with Gasteiger partial charge in [-0.15, -0.1) is 0 Å². The Bertz CT molecular complexity index is 814. The third-order valence-electron chi connectivity index (χ3n) is 4.71. The highest BCUT2D eigenvalue weighted by atomic mass is 19.1. The molecule has 0 spiro atoms. The maximum atomic E-state index is 13.1. The first kappa shape index (κ1) is 17.1. The molecule has 0 bridgehead atoms. The number of hydrogen-bond acceptors (Lipinski definition) is 3. The zero-order valence-corrected chi connectivity index (χ0v) is 14.1. The fourth-order valence-electron chi connectivity index (χ4n) is 3.40. The second-order valence-electron chi connectivity index (χ2n) is 6.45. The maximum absolute atomic E-state index is 13.1. The number of halogens is 1. The van der Waals surface area contributed by atoms with Gasteiger partial charge in [-0.3, -0.25) is 9.59 Å². The summed E-state index contributed by atoms with van der Waals surface area (Å²) in [4.78, 5) is 23.7. The average Bonchev–Trinajstić information content (AvgIpc) is 3.13. The number of amides is 1. The van der Waals surface area contributed by atoms with Crippen LogP contribution in [0.5, 0.6) is 0 Å². The van der Waals surface area contributed by atoms with Crippen molar-refractivity contribution >= 4 is 11.9 Å². The smallest absolute Gasteiger partial charge is 0.306 e. The third kappa shape index (κ3) is 3.40. The lowest BCUT2D eigenvalue weighted by Crippen LogP contribution is -2.34. The number of benzene rings is 1. The van der Waals surface area contributed by atoms with Crippen molar-refractivity contribution < 1.29 is 19.1 Å². The van der Waals surface area contributed by atoms with Gasteiger partial charge in [0.2, 0.25) is 0 Å². The van der Waals surface area contributed by atoms with Crippen molar-refractivity contribution in [3.05, 3.63) is 47.0 Å². The molecule has 1 aliphatic rings. The number of hydrogen-bond donors (Lipinski definition) is 2. The number of aromatic nitrogens is 2. The van der Waals surface area contributed by atoms with E-state index in [4.69, 9.17) is 5.11 Å². The highest BCUT2D eigenvalue weighted by Crippen LogP contribution is 2.26. The molecule has 1 aromatic carbocycles. The van der Waals surface area contributed by atoms with Crippen LogP contribution < -0.4 is 5.32 Å². The third-order valence-corrected chi connectivity index (χ3v) is 4.71. The van der Waals surface area contributed by atoms with Gasteiger partial charge in [-0.25, -0.2) is 9.07 Å². The molecule has 2 aromatic rings. The fourth-order valence-corrected chi connectivity index (χ4v) is 3.40. The summed E-state index contributed by atoms with van der Waals surface area (Å²) in [6.45, 7) is 3.53. The predicted molar refractivity (Wildman–Crippen MR) is 89.2 cm³/mol. The molecular formula is C18H20FN3O3. The molecule has 2 N–H and O–H groups in total. The van der Waals surface area contributed by atoms with E-state index in [9.17, 15) is 14.0 Å². The molecule has 25 heavy (non-hydrogen) atoms. The molecule has 6 nitrogen and oxygen atoms in total. The molecule has 0 aliphatic heterocycles. The Morgan fingerprint density at radius 1 is 1.24 bits per heavy atom. The Kier molecular flexibility index (Phi) is 4.57. The van der Waals surface area contributed by atoms with Gasteiger partial charge in [0.15, 0.2) is 0 Å². The summed E-state index contributed by atoms with van der Waals surface area (Å²) in [5, 5.41) is 16.4. The number of carboxylic acids is 1. The molecule has 0 radical (unpaired) electrons. The van der Waals surface area contributed by atoms with E-state index in [1.165, 1.54) is 12.1 Å². The molecule has 0 unspecified atom stereocenters. The molecule has 7 heteroatoms. The van der Waals surface area contributed by atoms with Crippen molar-refractivity contribution in [2.75, 3.05) is 0 Å². The predicted octanol–water partition coefficient (Wildman–Crippen LogP) is 2.61. The van der Waals surface area contributed by atoms with Crippen LogP contribution in [0.2, 0.25) is 0 Å². The number of aliphatic carboxylic acids is 1. The standard InChI is InChI=1S/C18H20FN3O3/c1-10-16(17(23)20-14-6-3-12(9-14)18(24)25)11(2)22(21-10)15-7-4-13(19)5-8-15/h4-5,7-8,12,14H,3,6,9H2,1-2H3,(H,20,23)(H,24,25)/t12-,14+/m0/s1. The van der Waals surface area contributed by atoms with Crippen molar-refractivity contribution in [2.45, 2.75) is 39.2 Å². The molecule has 132 valence electrons. The molecule has 1 amide bonds. The van der Waals surface area contributed by atoms with Crippen molar-refractivity contribution in [2.24, 2.45) is 5.92 Å². The SMILES string of the molecule is Cc1nn(-c2ccc(F)cc2)c(C)c1C(=O)N[C@@H]1CC[C@H](C(=O)O)C1. The highest BCUT2D eigenvalue weighted by Gasteiger charge is 2.31. The van der Waals surface area contributed by atoms with Gasteiger partial charge in [0.1, 0.15) is 5.82 Å². The molecule has 0 saturated heterocycles. The van der Waals surface area contributed by atoms with Crippen LogP contribution in [0.15, 0.2) is 24.3 Å². The van der Waals surface area contributed by atoms with Crippen LogP contribution in [0.25, 0.3) is 5.69 Å². The van der Waals surface area contributed by atoms with Gasteiger partial charge in [0.25, 0.3) is 5.91 Å². The first-order chi connectivity index (χ1) is 11.9. The molecule has 1 aliphatic carbocycles. The number of rotatable bonds is 4. The maximum Gasteiger partial charge on any atom is 0.306 e. The van der Waals surface area contributed by atoms with Gasteiger partial charge in [-0.2, -0.15) is 5.10 Å². The Morgan fingerprint density at radius 2 is 1.92 bits per heavy atom. The summed E-state index contributed by atoms with van der Waals surface area (Å²) in [5.74, 6) is -1.79. The number of carboxylic acid groups (broad SMARTS) is 1. The van der Waals surface area contributed by atoms with Crippen LogP contribution in [0.4, 0.5) is 4.39 Å². The van der Waals surface area contributed by atoms with Crippen LogP contribution in [0.1, 0.15) is 41.0 Å². The number of nitrogens with zero attached hydrogens (tertiary/aromatic N) is 2. The summed E-state index contributed by atoms with van der Waals surface area (Å²) < 4.78 is 14.7. The topological polar surface area (TPSA) is 84.2 Å². The van der Waals surface area contributed by atoms with E-state index in [0.717, 1.165) is 0 Å². The quantitative estimate of drug-likeness (QED) is 0.892. The second kappa shape index (κ2) is 6.66. The zero-order valence-electron chi connectivity index (χ0n) is 14.1. The molecular weight excluding hydrogens is 325 g/mol. The van der Waals surface area contributed by atoms with E-state index >= 15 is 0 Å². The van der Waals surface area contributed by atoms with E-state index in [1.807, 2.05) is 0 Å². The number of carbonyl (C=O) groups is 2. The summed E-state index contributed by atoms with van der Waals surface area (Å²) in [5.41, 5.74) is 2.39. The normalized spacial score (nSPS) is 19.8. The average molecular weight is 345 g/mol. The Balaban J connectivity index is 1.79. The lowest BCUT2D eigenvalue weighted by atomic mass is 10.1. The van der Waals surface area contributed by atoms with E-state index in [-0.39, 0.29) is 17.8 Å². The van der Waals surface area contributed by atoms with Gasteiger partial charge >= 0.3 is 5.97 Å². The lowest BCUT2D eigenvalue weighted by Gasteiger charge is -2.13. The van der Waals surface area contributed by atoms with E-state index in [0.29, 0.717) is 41.9 Å². The molecule has 1 saturated carbocycles. The second-order valence-corrected chi connectivity index (χ2v) is 6.45. The van der Waals surface area contributed by atoms with E-state index < -0.39 is 11.9 Å². The molecule has 2 atom stereocenters. The van der Waals surface area contributed by atoms with Crippen LogP contribution in [0, 0.1) is 25.6 Å². The first-order valence-corrected chi connectivity index (χ1v) is 8.22. The Morgan fingerprint density at radius 3 is 2.52 bits per heavy atom. The first-order valence-electron chi connectivity index (χ1n) is 8.22. The van der Waals surface area contributed by atoms with Crippen LogP contribution in [0.3, 0.4) is 0 Å². The molecule has 1 aromatic heterocycles. The monoisotopic (exact) mass is 345 g/mol. The Labute approximate surface area is 144 Å². The fraction of sp³-hybridized carbons (Fsp3) is 0.389. The van der Waals surface area contributed by atoms with Crippen molar-refractivity contribution in [3.8, 4) is 5.69 Å². The largest absolute Gasteiger partial charge is 0.481 e. The minimum atomic E-state index is -0.812. The minimum absolute atomic E-state index is 0.137. The number of nitrogens with one attached hydrogen (secondary N) is 1. The van der Waals surface area contributed by atoms with Gasteiger partial charge in [0, 0.05) is 6.04 Å². The van der Waals surface area contributed by atoms with E-state index in [1.54, 1.807) is 30.7 Å². The summed E-state index contributed by atoms with van der Waals surface area (Å²) >= 11 is 0. The van der Waals surface area contributed by atoms with E-state index in [2.05, 4.69) is 10.4 Å². The number of carbonyl (C=O) groups excluding carboxylic acids is 1. The van der Waals surface area contributed by atoms with Gasteiger partial charge in [-0.1, -0.05) is 0 Å². The lowest BCUT2D eigenvalue weighted by molar-refractivity contribution is -0.141. The Hall–Kier alpha value is -2.70. The van der Waals surface area contributed by atoms with Crippen LogP contribution in [-0.2, 0) is 4.79 Å². The number of aryl methyl sites for hydroxylation is 1. The summed E-state index contributed by atoms with van der Waals surface area (Å²) in [7, 11) is 0. The van der Waals surface area contributed by atoms with Gasteiger partial charge in [-0.05, 0) is 57.4 Å². The summed E-state index contributed by atoms with van der Waals surface area (Å²) in [6, 6.07) is 5.75. The van der Waals surface area contributed by atoms with Crippen molar-refractivity contribution in [1.29, 1.82) is 0 Å². The van der Waals surface area contributed by atoms with Crippen molar-refractivity contribution in [1.82, 2.24) is 15.1 Å². The summed E-state index contributed by atoms with van der Waals surface area (Å²) in [6.07, 6.45) is 1.69. The zero-order chi connectivity index (χ0) is 18.1. The molecule has 1 fully saturated rings.